The molecule has 0 radical (unpaired) electrons. The standard InChI is InChI=1S/4C18H15P.H3P.Pd/c4*1-4-10-16(11-5-1)19(17-12-6-2-7-13-17)18-14-8-3-9-15-18;;/h4*1-15H;1H3;/p+4. The summed E-state index contributed by atoms with van der Waals surface area (Å²) in [6, 6.07) is 130. The van der Waals surface area contributed by atoms with E-state index in [0.717, 1.165) is 0 Å². The number of hydrogen-bond donors (Lipinski definition) is 0. The molecule has 0 bridgehead atoms. The molecule has 0 saturated heterocycles. The monoisotopic (exact) mass is 1190 g/mol. The smallest absolute Gasteiger partial charge is 0.102 e. The van der Waals surface area contributed by atoms with E-state index in [9.17, 15) is 0 Å². The van der Waals surface area contributed by atoms with Crippen LogP contribution in [0.1, 0.15) is 0 Å². The minimum Gasteiger partial charge on any atom is -0.153 e. The molecule has 12 rings (SSSR count). The molecule has 0 spiro atoms. The first-order chi connectivity index (χ1) is 37.8. The molecule has 0 aliphatic heterocycles. The second kappa shape index (κ2) is 33.0. The van der Waals surface area contributed by atoms with Crippen molar-refractivity contribution in [1.82, 2.24) is 0 Å². The van der Waals surface area contributed by atoms with Gasteiger partial charge in [-0.05, 0) is 146 Å². The van der Waals surface area contributed by atoms with Gasteiger partial charge in [0, 0.05) is 20.4 Å². The minimum absolute atomic E-state index is 0. The van der Waals surface area contributed by atoms with Crippen molar-refractivity contribution in [2.45, 2.75) is 0 Å². The van der Waals surface area contributed by atoms with E-state index in [1.54, 1.807) is 0 Å². The van der Waals surface area contributed by atoms with E-state index in [-0.39, 0.29) is 30.3 Å². The van der Waals surface area contributed by atoms with Crippen molar-refractivity contribution in [2.75, 3.05) is 0 Å². The Balaban J connectivity index is 0.000000149. The van der Waals surface area contributed by atoms with E-state index in [4.69, 9.17) is 0 Å². The maximum Gasteiger partial charge on any atom is 0.102 e. The Labute approximate surface area is 486 Å². The van der Waals surface area contributed by atoms with Crippen LogP contribution in [0.4, 0.5) is 0 Å². The molecular formula is C72H67P5Pd+4. The molecule has 1 atom stereocenters. The summed E-state index contributed by atoms with van der Waals surface area (Å²) in [6.07, 6.45) is 0. The fraction of sp³-hybridized carbons (Fsp3) is 0. The molecule has 1 unspecified atom stereocenters. The third kappa shape index (κ3) is 17.2. The van der Waals surface area contributed by atoms with Gasteiger partial charge < -0.3 is 0 Å². The SMILES string of the molecule is P.[Pd].c1ccc([PH+](c2ccccc2)c2ccccc2)cc1.c1ccc([PH+](c2ccccc2)c2ccccc2)cc1.c1ccc([PH+](c2ccccc2)c2ccccc2)cc1.c1ccc([PH+](c2ccccc2)c2ccccc2)cc1. The minimum atomic E-state index is -0.877. The largest absolute Gasteiger partial charge is 0.153 e. The van der Waals surface area contributed by atoms with E-state index in [1.165, 1.54) is 63.7 Å². The van der Waals surface area contributed by atoms with Gasteiger partial charge in [-0.3, -0.25) is 0 Å². The van der Waals surface area contributed by atoms with Crippen LogP contribution in [0.25, 0.3) is 0 Å². The summed E-state index contributed by atoms with van der Waals surface area (Å²) in [5.41, 5.74) is 0. The quantitative estimate of drug-likeness (QED) is 0.0845. The topological polar surface area (TPSA) is 0 Å². The van der Waals surface area contributed by atoms with Crippen molar-refractivity contribution in [2.24, 2.45) is 0 Å². The number of rotatable bonds is 12. The fourth-order valence-electron chi connectivity index (χ4n) is 9.26. The summed E-state index contributed by atoms with van der Waals surface area (Å²) in [7, 11) is -3.51. The van der Waals surface area contributed by atoms with Gasteiger partial charge in [0.25, 0.3) is 0 Å². The van der Waals surface area contributed by atoms with Crippen LogP contribution in [0.2, 0.25) is 0 Å². The maximum atomic E-state index is 2.24. The molecule has 0 fully saturated rings. The maximum absolute atomic E-state index is 2.24. The Morgan fingerprint density at radius 3 is 0.244 bits per heavy atom. The van der Waals surface area contributed by atoms with Gasteiger partial charge >= 0.3 is 0 Å². The van der Waals surface area contributed by atoms with E-state index in [1.807, 2.05) is 0 Å². The zero-order valence-electron chi connectivity index (χ0n) is 43.7. The van der Waals surface area contributed by atoms with Crippen LogP contribution < -0.4 is 63.7 Å². The van der Waals surface area contributed by atoms with Gasteiger partial charge in [0.05, 0.1) is 31.7 Å². The Kier molecular flexibility index (Phi) is 25.0. The van der Waals surface area contributed by atoms with Crippen molar-refractivity contribution in [3.63, 3.8) is 0 Å². The fourth-order valence-corrected chi connectivity index (χ4v) is 19.6. The zero-order chi connectivity index (χ0) is 51.7. The molecule has 0 aliphatic rings. The molecule has 0 saturated carbocycles. The Morgan fingerprint density at radius 2 is 0.179 bits per heavy atom. The van der Waals surface area contributed by atoms with Crippen molar-refractivity contribution < 1.29 is 20.4 Å². The third-order valence-corrected chi connectivity index (χ3v) is 23.7. The summed E-state index contributed by atoms with van der Waals surface area (Å²) in [5, 5.41) is 17.2. The van der Waals surface area contributed by atoms with Crippen molar-refractivity contribution >= 4 is 105 Å². The molecule has 0 heterocycles. The van der Waals surface area contributed by atoms with Gasteiger partial charge in [-0.25, -0.2) is 0 Å². The van der Waals surface area contributed by atoms with Crippen molar-refractivity contribution in [1.29, 1.82) is 0 Å². The molecule has 12 aromatic carbocycles. The molecule has 12 aromatic rings. The van der Waals surface area contributed by atoms with Gasteiger partial charge in [0.1, 0.15) is 63.7 Å². The van der Waals surface area contributed by atoms with Crippen LogP contribution in [0.3, 0.4) is 0 Å². The van der Waals surface area contributed by atoms with Gasteiger partial charge in [0.2, 0.25) is 0 Å². The van der Waals surface area contributed by atoms with E-state index in [0.29, 0.717) is 0 Å². The molecule has 6 heteroatoms. The molecule has 386 valence electrons. The summed E-state index contributed by atoms with van der Waals surface area (Å²) in [4.78, 5) is 0. The average Bonchev–Trinajstić information content (AvgIpc) is 3.51. The summed E-state index contributed by atoms with van der Waals surface area (Å²) in [6.45, 7) is 0. The van der Waals surface area contributed by atoms with Gasteiger partial charge in [-0.1, -0.05) is 218 Å². The summed E-state index contributed by atoms with van der Waals surface area (Å²) >= 11 is 0. The predicted octanol–water partition coefficient (Wildman–Crippen LogP) is 12.8. The Bertz CT molecular complexity index is 2580. The molecule has 0 amide bonds. The second-order valence-corrected chi connectivity index (χ2v) is 27.8. The van der Waals surface area contributed by atoms with Crippen LogP contribution in [-0.4, -0.2) is 0 Å². The molecule has 0 nitrogen and oxygen atoms in total. The molecule has 0 N–H and O–H groups in total. The first-order valence-corrected chi connectivity index (χ1v) is 31.9. The van der Waals surface area contributed by atoms with Crippen molar-refractivity contribution in [3.05, 3.63) is 364 Å². The average molecular weight is 1190 g/mol. The Hall–Kier alpha value is -6.55. The van der Waals surface area contributed by atoms with Crippen LogP contribution in [-0.2, 0) is 20.4 Å². The van der Waals surface area contributed by atoms with E-state index < -0.39 is 31.7 Å². The van der Waals surface area contributed by atoms with E-state index in [2.05, 4.69) is 364 Å². The van der Waals surface area contributed by atoms with Crippen LogP contribution in [0.5, 0.6) is 0 Å². The summed E-state index contributed by atoms with van der Waals surface area (Å²) in [5.74, 6) is 0. The first-order valence-electron chi connectivity index (χ1n) is 25.9. The third-order valence-electron chi connectivity index (χ3n) is 12.7. The Morgan fingerprint density at radius 1 is 0.115 bits per heavy atom. The van der Waals surface area contributed by atoms with Gasteiger partial charge in [-0.2, -0.15) is 9.90 Å². The first kappa shape index (κ1) is 59.1. The molecular weight excluding hydrogens is 1130 g/mol. The van der Waals surface area contributed by atoms with Crippen molar-refractivity contribution in [3.8, 4) is 0 Å². The van der Waals surface area contributed by atoms with E-state index >= 15 is 0 Å². The molecule has 78 heavy (non-hydrogen) atoms. The van der Waals surface area contributed by atoms with Gasteiger partial charge in [0.15, 0.2) is 0 Å². The van der Waals surface area contributed by atoms with Gasteiger partial charge in [-0.15, -0.1) is 0 Å². The summed E-state index contributed by atoms with van der Waals surface area (Å²) < 4.78 is 0. The van der Waals surface area contributed by atoms with Crippen LogP contribution in [0.15, 0.2) is 364 Å². The zero-order valence-corrected chi connectivity index (χ0v) is 50.6. The number of benzene rings is 12. The van der Waals surface area contributed by atoms with Crippen LogP contribution >= 0.6 is 41.6 Å². The number of hydrogen-bond acceptors (Lipinski definition) is 0. The second-order valence-electron chi connectivity index (χ2n) is 17.9. The molecule has 0 aliphatic carbocycles. The normalized spacial score (nSPS) is 10.3. The van der Waals surface area contributed by atoms with Crippen LogP contribution in [0, 0.1) is 0 Å². The predicted molar refractivity (Wildman–Crippen MR) is 357 cm³/mol. The molecule has 0 aromatic heterocycles.